The first-order chi connectivity index (χ1) is 18.4. The van der Waals surface area contributed by atoms with Crippen LogP contribution in [0.1, 0.15) is 61.1 Å². The Morgan fingerprint density at radius 2 is 1.84 bits per heavy atom. The normalized spacial score (nSPS) is 22.8. The van der Waals surface area contributed by atoms with Crippen LogP contribution in [0.25, 0.3) is 22.2 Å². The lowest BCUT2D eigenvalue weighted by molar-refractivity contribution is -0.117. The SMILES string of the molecule is C=CC(=O)NC1CCC(n2nc(-c3ccc(C4CC4c4ccccc4F)cc3)c3c(N)n[nH]c(=O)c32)CC1. The Balaban J connectivity index is 1.29. The first-order valence-electron chi connectivity index (χ1n) is 13.0. The predicted octanol–water partition coefficient (Wildman–Crippen LogP) is 4.56. The lowest BCUT2D eigenvalue weighted by Gasteiger charge is -2.29. The highest BCUT2D eigenvalue weighted by atomic mass is 19.1. The van der Waals surface area contributed by atoms with Crippen molar-refractivity contribution in [2.45, 2.75) is 56.0 Å². The van der Waals surface area contributed by atoms with Gasteiger partial charge in [-0.25, -0.2) is 9.49 Å². The van der Waals surface area contributed by atoms with Crippen molar-refractivity contribution in [3.8, 4) is 11.3 Å². The van der Waals surface area contributed by atoms with Gasteiger partial charge in [0.15, 0.2) is 5.82 Å². The number of nitrogen functional groups attached to an aromatic ring is 1. The van der Waals surface area contributed by atoms with E-state index in [1.165, 1.54) is 12.1 Å². The van der Waals surface area contributed by atoms with Crippen molar-refractivity contribution in [3.05, 3.63) is 88.5 Å². The van der Waals surface area contributed by atoms with Crippen LogP contribution in [0, 0.1) is 5.82 Å². The van der Waals surface area contributed by atoms with Crippen molar-refractivity contribution >= 4 is 22.6 Å². The van der Waals surface area contributed by atoms with E-state index in [0.29, 0.717) is 16.6 Å². The van der Waals surface area contributed by atoms with Crippen LogP contribution in [0.4, 0.5) is 10.2 Å². The smallest absolute Gasteiger partial charge is 0.290 e. The largest absolute Gasteiger partial charge is 0.382 e. The molecule has 0 saturated heterocycles. The second kappa shape index (κ2) is 9.55. The number of H-pyrrole nitrogens is 1. The molecule has 2 aliphatic rings. The van der Waals surface area contributed by atoms with Gasteiger partial charge < -0.3 is 11.1 Å². The molecule has 0 bridgehead atoms. The number of carbonyl (C=O) groups excluding carboxylic acids is 1. The number of hydrogen-bond acceptors (Lipinski definition) is 5. The number of benzene rings is 2. The fraction of sp³-hybridized carbons (Fsp3) is 0.310. The van der Waals surface area contributed by atoms with E-state index in [0.717, 1.165) is 48.8 Å². The zero-order valence-corrected chi connectivity index (χ0v) is 20.9. The molecule has 4 N–H and O–H groups in total. The first-order valence-corrected chi connectivity index (χ1v) is 13.0. The lowest BCUT2D eigenvalue weighted by atomic mass is 9.91. The standard InChI is InChI=1S/C29H29FN6O2/c1-2-24(37)32-18-11-13-19(14-12-18)36-27-25(28(31)33-34-29(27)38)26(35-36)17-9-7-16(8-10-17)21-15-22(21)20-5-3-4-6-23(20)30/h2-10,18-19,21-22H,1,11-15H2,(H2,31,33)(H,32,37)(H,34,38). The number of nitrogens with one attached hydrogen (secondary N) is 2. The summed E-state index contributed by atoms with van der Waals surface area (Å²) in [6.07, 6.45) is 5.27. The van der Waals surface area contributed by atoms with Crippen molar-refractivity contribution in [1.29, 1.82) is 0 Å². The molecule has 6 rings (SSSR count). The van der Waals surface area contributed by atoms with Crippen LogP contribution in [0.5, 0.6) is 0 Å². The number of anilines is 1. The molecule has 38 heavy (non-hydrogen) atoms. The fourth-order valence-electron chi connectivity index (χ4n) is 5.88. The molecule has 2 unspecified atom stereocenters. The summed E-state index contributed by atoms with van der Waals surface area (Å²) in [6.45, 7) is 3.51. The predicted molar refractivity (Wildman–Crippen MR) is 144 cm³/mol. The van der Waals surface area contributed by atoms with Gasteiger partial charge in [-0.1, -0.05) is 49.0 Å². The van der Waals surface area contributed by atoms with E-state index in [2.05, 4.69) is 34.2 Å². The van der Waals surface area contributed by atoms with Crippen molar-refractivity contribution in [1.82, 2.24) is 25.3 Å². The van der Waals surface area contributed by atoms with Gasteiger partial charge in [-0.2, -0.15) is 10.2 Å². The minimum Gasteiger partial charge on any atom is -0.382 e. The number of hydrogen-bond donors (Lipinski definition) is 3. The van der Waals surface area contributed by atoms with E-state index in [4.69, 9.17) is 10.8 Å². The Kier molecular flexibility index (Phi) is 6.06. The van der Waals surface area contributed by atoms with E-state index < -0.39 is 0 Å². The zero-order valence-electron chi connectivity index (χ0n) is 20.9. The lowest BCUT2D eigenvalue weighted by Crippen LogP contribution is -2.37. The summed E-state index contributed by atoms with van der Waals surface area (Å²) in [5.41, 5.74) is 9.71. The molecule has 2 aliphatic carbocycles. The molecule has 8 nitrogen and oxygen atoms in total. The second-order valence-electron chi connectivity index (χ2n) is 10.3. The highest BCUT2D eigenvalue weighted by Crippen LogP contribution is 2.55. The Hall–Kier alpha value is -4.27. The molecule has 2 atom stereocenters. The molecule has 9 heteroatoms. The maximum Gasteiger partial charge on any atom is 0.290 e. The summed E-state index contributed by atoms with van der Waals surface area (Å²) in [6, 6.07) is 15.1. The number of halogens is 1. The van der Waals surface area contributed by atoms with E-state index in [9.17, 15) is 14.0 Å². The quantitative estimate of drug-likeness (QED) is 0.327. The summed E-state index contributed by atoms with van der Waals surface area (Å²) in [7, 11) is 0. The molecule has 194 valence electrons. The molecule has 0 spiro atoms. The number of carbonyl (C=O) groups is 1. The monoisotopic (exact) mass is 512 g/mol. The van der Waals surface area contributed by atoms with Crippen LogP contribution in [-0.4, -0.2) is 31.9 Å². The van der Waals surface area contributed by atoms with Crippen LogP contribution in [0.3, 0.4) is 0 Å². The highest BCUT2D eigenvalue weighted by molar-refractivity contribution is 5.99. The van der Waals surface area contributed by atoms with Crippen LogP contribution in [-0.2, 0) is 4.79 Å². The van der Waals surface area contributed by atoms with Crippen LogP contribution >= 0.6 is 0 Å². The van der Waals surface area contributed by atoms with Crippen molar-refractivity contribution in [3.63, 3.8) is 0 Å². The van der Waals surface area contributed by atoms with Gasteiger partial charge in [0.1, 0.15) is 17.0 Å². The number of aromatic amines is 1. The summed E-state index contributed by atoms with van der Waals surface area (Å²) in [5, 5.41) is 14.9. The van der Waals surface area contributed by atoms with E-state index in [1.54, 1.807) is 10.7 Å². The van der Waals surface area contributed by atoms with Gasteiger partial charge in [0.2, 0.25) is 5.91 Å². The topological polar surface area (TPSA) is 119 Å². The van der Waals surface area contributed by atoms with Crippen LogP contribution in [0.15, 0.2) is 66.0 Å². The molecule has 2 fully saturated rings. The second-order valence-corrected chi connectivity index (χ2v) is 10.3. The summed E-state index contributed by atoms with van der Waals surface area (Å²) >= 11 is 0. The minimum absolute atomic E-state index is 0.00158. The minimum atomic E-state index is -0.336. The third kappa shape index (κ3) is 4.27. The maximum absolute atomic E-state index is 14.2. The summed E-state index contributed by atoms with van der Waals surface area (Å²) in [4.78, 5) is 24.6. The average Bonchev–Trinajstić information content (AvgIpc) is 3.62. The number of rotatable bonds is 6. The molecular formula is C29H29FN6O2. The van der Waals surface area contributed by atoms with Crippen molar-refractivity contribution < 1.29 is 9.18 Å². The fourth-order valence-corrected chi connectivity index (χ4v) is 5.88. The molecule has 0 radical (unpaired) electrons. The van der Waals surface area contributed by atoms with Gasteiger partial charge >= 0.3 is 0 Å². The molecule has 1 amide bonds. The Labute approximate surface area is 218 Å². The molecule has 2 heterocycles. The Morgan fingerprint density at radius 1 is 1.11 bits per heavy atom. The maximum atomic E-state index is 14.2. The molecule has 2 aromatic heterocycles. The zero-order chi connectivity index (χ0) is 26.4. The van der Waals surface area contributed by atoms with Crippen LogP contribution in [0.2, 0.25) is 0 Å². The van der Waals surface area contributed by atoms with E-state index >= 15 is 0 Å². The molecule has 2 aromatic carbocycles. The average molecular weight is 513 g/mol. The summed E-state index contributed by atoms with van der Waals surface area (Å²) in [5.74, 6) is 0.358. The van der Waals surface area contributed by atoms with Crippen molar-refractivity contribution in [2.24, 2.45) is 0 Å². The molecule has 0 aliphatic heterocycles. The van der Waals surface area contributed by atoms with E-state index in [-0.39, 0.29) is 47.0 Å². The summed E-state index contributed by atoms with van der Waals surface area (Å²) < 4.78 is 16.0. The third-order valence-corrected chi connectivity index (χ3v) is 7.94. The number of nitrogens with two attached hydrogens (primary N) is 1. The Morgan fingerprint density at radius 3 is 2.55 bits per heavy atom. The van der Waals surface area contributed by atoms with Gasteiger partial charge in [-0.05, 0) is 67.2 Å². The van der Waals surface area contributed by atoms with Gasteiger partial charge in [0.25, 0.3) is 5.56 Å². The molecular weight excluding hydrogens is 483 g/mol. The van der Waals surface area contributed by atoms with Gasteiger partial charge in [-0.3, -0.25) is 14.3 Å². The Bertz CT molecular complexity index is 1580. The van der Waals surface area contributed by atoms with Gasteiger partial charge in [0.05, 0.1) is 11.4 Å². The first kappa shape index (κ1) is 24.1. The number of aromatic nitrogens is 4. The molecule has 4 aromatic rings. The van der Waals surface area contributed by atoms with Crippen molar-refractivity contribution in [2.75, 3.05) is 5.73 Å². The van der Waals surface area contributed by atoms with Gasteiger partial charge in [0, 0.05) is 11.6 Å². The van der Waals surface area contributed by atoms with Gasteiger partial charge in [-0.15, -0.1) is 0 Å². The molecule has 2 saturated carbocycles. The number of nitrogens with zero attached hydrogens (tertiary/aromatic N) is 3. The third-order valence-electron chi connectivity index (χ3n) is 7.94. The number of amides is 1. The number of fused-ring (bicyclic) bond motifs is 1. The van der Waals surface area contributed by atoms with Crippen LogP contribution < -0.4 is 16.6 Å². The van der Waals surface area contributed by atoms with E-state index in [1.807, 2.05) is 24.3 Å². The highest BCUT2D eigenvalue weighted by Gasteiger charge is 2.40.